The Kier molecular flexibility index (Phi) is 5.45. The number of hydrogen-bond donors (Lipinski definition) is 1. The predicted octanol–water partition coefficient (Wildman–Crippen LogP) is 4.50. The molecule has 3 aromatic carbocycles. The predicted molar refractivity (Wildman–Crippen MR) is 128 cm³/mol. The summed E-state index contributed by atoms with van der Waals surface area (Å²) in [6, 6.07) is 23.5. The van der Waals surface area contributed by atoms with Crippen LogP contribution in [0.4, 0.5) is 0 Å². The lowest BCUT2D eigenvalue weighted by atomic mass is 9.99. The first-order valence-electron chi connectivity index (χ1n) is 10.8. The first kappa shape index (κ1) is 20.4. The van der Waals surface area contributed by atoms with Crippen LogP contribution in [-0.4, -0.2) is 26.9 Å². The number of amides is 1. The second kappa shape index (κ2) is 8.55. The van der Waals surface area contributed by atoms with E-state index in [9.17, 15) is 9.59 Å². The van der Waals surface area contributed by atoms with Crippen LogP contribution in [0.3, 0.4) is 0 Å². The average Bonchev–Trinajstić information content (AvgIpc) is 2.83. The molecule has 1 aliphatic rings. The zero-order chi connectivity index (χ0) is 22.1. The van der Waals surface area contributed by atoms with E-state index in [-0.39, 0.29) is 11.5 Å². The van der Waals surface area contributed by atoms with Crippen molar-refractivity contribution in [3.63, 3.8) is 0 Å². The van der Waals surface area contributed by atoms with Crippen LogP contribution >= 0.6 is 12.2 Å². The van der Waals surface area contributed by atoms with Crippen LogP contribution in [0.2, 0.25) is 0 Å². The minimum absolute atomic E-state index is 0.0334. The molecule has 1 aromatic heterocycles. The molecular weight excluding hydrogens is 418 g/mol. The van der Waals surface area contributed by atoms with Gasteiger partial charge in [0.15, 0.2) is 4.77 Å². The first-order chi connectivity index (χ1) is 15.6. The van der Waals surface area contributed by atoms with Crippen molar-refractivity contribution < 1.29 is 4.79 Å². The standard InChI is InChI=1S/C26H23N3O2S/c30-24(28-14-13-19-8-4-5-9-21(19)17-28)20-10-11-22-23(16-20)27-26(32)29(25(22)31)15-12-18-6-2-1-3-7-18/h1-11,16H,12-15,17H2,(H,27,32). The molecule has 0 saturated carbocycles. The van der Waals surface area contributed by atoms with Crippen molar-refractivity contribution in [2.45, 2.75) is 25.9 Å². The van der Waals surface area contributed by atoms with Gasteiger partial charge in [-0.3, -0.25) is 14.2 Å². The van der Waals surface area contributed by atoms with Gasteiger partial charge in [0.1, 0.15) is 0 Å². The zero-order valence-corrected chi connectivity index (χ0v) is 18.4. The minimum atomic E-state index is -0.134. The number of carbonyl (C=O) groups excluding carboxylic acids is 1. The summed E-state index contributed by atoms with van der Waals surface area (Å²) in [7, 11) is 0. The summed E-state index contributed by atoms with van der Waals surface area (Å²) in [5.41, 5.74) is 4.66. The van der Waals surface area contributed by atoms with Gasteiger partial charge in [-0.15, -0.1) is 0 Å². The Morgan fingerprint density at radius 2 is 1.72 bits per heavy atom. The molecule has 6 heteroatoms. The van der Waals surface area contributed by atoms with Crippen molar-refractivity contribution in [3.05, 3.63) is 110 Å². The molecule has 1 aliphatic heterocycles. The van der Waals surface area contributed by atoms with Gasteiger partial charge in [-0.05, 0) is 59.9 Å². The summed E-state index contributed by atoms with van der Waals surface area (Å²) in [4.78, 5) is 31.2. The normalized spacial score (nSPS) is 13.2. The van der Waals surface area contributed by atoms with Crippen LogP contribution < -0.4 is 5.56 Å². The third-order valence-electron chi connectivity index (χ3n) is 6.11. The van der Waals surface area contributed by atoms with E-state index in [4.69, 9.17) is 12.2 Å². The third kappa shape index (κ3) is 3.89. The molecule has 1 amide bonds. The zero-order valence-electron chi connectivity index (χ0n) is 17.6. The van der Waals surface area contributed by atoms with Crippen LogP contribution in [0, 0.1) is 4.77 Å². The van der Waals surface area contributed by atoms with Crippen molar-refractivity contribution in [3.8, 4) is 0 Å². The fourth-order valence-electron chi connectivity index (χ4n) is 4.33. The average molecular weight is 442 g/mol. The molecule has 32 heavy (non-hydrogen) atoms. The number of fused-ring (bicyclic) bond motifs is 2. The van der Waals surface area contributed by atoms with Gasteiger partial charge < -0.3 is 9.88 Å². The van der Waals surface area contributed by atoms with Crippen LogP contribution in [0.5, 0.6) is 0 Å². The van der Waals surface area contributed by atoms with E-state index in [2.05, 4.69) is 17.1 Å². The van der Waals surface area contributed by atoms with Crippen LogP contribution in [-0.2, 0) is 25.9 Å². The van der Waals surface area contributed by atoms with Gasteiger partial charge in [-0.1, -0.05) is 54.6 Å². The maximum atomic E-state index is 13.2. The van der Waals surface area contributed by atoms with Gasteiger partial charge in [0, 0.05) is 25.2 Å². The number of aryl methyl sites for hydroxylation is 1. The molecule has 0 unspecified atom stereocenters. The Labute approximate surface area is 191 Å². The molecule has 2 heterocycles. The summed E-state index contributed by atoms with van der Waals surface area (Å²) in [6.45, 7) is 1.79. The maximum absolute atomic E-state index is 13.2. The summed E-state index contributed by atoms with van der Waals surface area (Å²) >= 11 is 5.47. The number of nitrogens with zero attached hydrogens (tertiary/aromatic N) is 2. The fourth-order valence-corrected chi connectivity index (χ4v) is 4.61. The number of benzene rings is 3. The summed E-state index contributed by atoms with van der Waals surface area (Å²) in [5, 5.41) is 0.534. The van der Waals surface area contributed by atoms with Gasteiger partial charge in [0.2, 0.25) is 0 Å². The Morgan fingerprint density at radius 1 is 0.969 bits per heavy atom. The van der Waals surface area contributed by atoms with Crippen molar-refractivity contribution in [2.24, 2.45) is 0 Å². The molecule has 5 rings (SSSR count). The lowest BCUT2D eigenvalue weighted by Crippen LogP contribution is -2.36. The minimum Gasteiger partial charge on any atom is -0.334 e. The van der Waals surface area contributed by atoms with Crippen LogP contribution in [0.25, 0.3) is 10.9 Å². The van der Waals surface area contributed by atoms with Gasteiger partial charge in [-0.25, -0.2) is 0 Å². The Hall–Kier alpha value is -3.51. The number of hydrogen-bond acceptors (Lipinski definition) is 3. The number of carbonyl (C=O) groups is 1. The van der Waals surface area contributed by atoms with Gasteiger partial charge in [-0.2, -0.15) is 0 Å². The second-order valence-electron chi connectivity index (χ2n) is 8.13. The van der Waals surface area contributed by atoms with E-state index in [0.717, 1.165) is 18.4 Å². The topological polar surface area (TPSA) is 58.1 Å². The van der Waals surface area contributed by atoms with E-state index in [1.54, 1.807) is 22.8 Å². The van der Waals surface area contributed by atoms with E-state index in [1.807, 2.05) is 47.4 Å². The molecule has 1 N–H and O–H groups in total. The molecule has 0 atom stereocenters. The summed E-state index contributed by atoms with van der Waals surface area (Å²) in [5.74, 6) is -0.0334. The van der Waals surface area contributed by atoms with Crippen molar-refractivity contribution in [1.29, 1.82) is 0 Å². The smallest absolute Gasteiger partial charge is 0.262 e. The molecule has 0 fully saturated rings. The maximum Gasteiger partial charge on any atom is 0.262 e. The lowest BCUT2D eigenvalue weighted by molar-refractivity contribution is 0.0735. The molecule has 0 radical (unpaired) electrons. The van der Waals surface area contributed by atoms with E-state index >= 15 is 0 Å². The number of rotatable bonds is 4. The number of nitrogens with one attached hydrogen (secondary N) is 1. The number of H-pyrrole nitrogens is 1. The molecule has 160 valence electrons. The molecule has 5 nitrogen and oxygen atoms in total. The Balaban J connectivity index is 1.41. The third-order valence-corrected chi connectivity index (χ3v) is 6.44. The van der Waals surface area contributed by atoms with Gasteiger partial charge in [0.25, 0.3) is 11.5 Å². The highest BCUT2D eigenvalue weighted by Crippen LogP contribution is 2.21. The summed E-state index contributed by atoms with van der Waals surface area (Å²) < 4.78 is 1.96. The van der Waals surface area contributed by atoms with E-state index in [0.29, 0.717) is 40.9 Å². The second-order valence-corrected chi connectivity index (χ2v) is 8.52. The highest BCUT2D eigenvalue weighted by molar-refractivity contribution is 7.71. The van der Waals surface area contributed by atoms with Crippen LogP contribution in [0.1, 0.15) is 27.0 Å². The Morgan fingerprint density at radius 3 is 2.53 bits per heavy atom. The van der Waals surface area contributed by atoms with E-state index in [1.165, 1.54) is 11.1 Å². The van der Waals surface area contributed by atoms with Crippen molar-refractivity contribution >= 4 is 29.0 Å². The van der Waals surface area contributed by atoms with E-state index < -0.39 is 0 Å². The molecular formula is C26H23N3O2S. The van der Waals surface area contributed by atoms with Gasteiger partial charge in [0.05, 0.1) is 10.9 Å². The Bertz CT molecular complexity index is 1420. The van der Waals surface area contributed by atoms with Gasteiger partial charge >= 0.3 is 0 Å². The number of aromatic nitrogens is 2. The molecule has 4 aromatic rings. The monoisotopic (exact) mass is 441 g/mol. The van der Waals surface area contributed by atoms with Crippen molar-refractivity contribution in [2.75, 3.05) is 6.54 Å². The molecule has 0 aliphatic carbocycles. The highest BCUT2D eigenvalue weighted by atomic mass is 32.1. The summed E-state index contributed by atoms with van der Waals surface area (Å²) in [6.07, 6.45) is 1.57. The number of aromatic amines is 1. The largest absolute Gasteiger partial charge is 0.334 e. The molecule has 0 spiro atoms. The molecule has 0 saturated heterocycles. The molecule has 0 bridgehead atoms. The SMILES string of the molecule is O=C(c1ccc2c(=O)n(CCc3ccccc3)c(=S)[nH]c2c1)N1CCc2ccccc2C1. The van der Waals surface area contributed by atoms with Crippen molar-refractivity contribution in [1.82, 2.24) is 14.5 Å². The quantitative estimate of drug-likeness (QED) is 0.475. The first-order valence-corrected chi connectivity index (χ1v) is 11.2. The van der Waals surface area contributed by atoms with Crippen LogP contribution in [0.15, 0.2) is 77.6 Å². The highest BCUT2D eigenvalue weighted by Gasteiger charge is 2.22. The fraction of sp³-hybridized carbons (Fsp3) is 0.192. The lowest BCUT2D eigenvalue weighted by Gasteiger charge is -2.29.